The number of aryl methyl sites for hydroxylation is 1. The first-order valence-electron chi connectivity index (χ1n) is 10.8. The number of nitrogens with one attached hydrogen (secondary N) is 1. The number of carbonyl (C=O) groups excluding carboxylic acids is 2. The van der Waals surface area contributed by atoms with Crippen LogP contribution >= 0.6 is 11.3 Å². The van der Waals surface area contributed by atoms with Crippen LogP contribution in [0.1, 0.15) is 39.2 Å². The van der Waals surface area contributed by atoms with Gasteiger partial charge in [0.25, 0.3) is 11.8 Å². The molecule has 3 aromatic rings. The van der Waals surface area contributed by atoms with Crippen molar-refractivity contribution in [2.24, 2.45) is 4.99 Å². The summed E-state index contributed by atoms with van der Waals surface area (Å²) in [4.78, 5) is 34.3. The van der Waals surface area contributed by atoms with E-state index >= 15 is 0 Å². The van der Waals surface area contributed by atoms with Gasteiger partial charge in [-0.3, -0.25) is 9.59 Å². The summed E-state index contributed by atoms with van der Waals surface area (Å²) in [5.41, 5.74) is 4.43. The molecule has 0 saturated carbocycles. The molecule has 0 atom stereocenters. The van der Waals surface area contributed by atoms with E-state index in [9.17, 15) is 9.59 Å². The van der Waals surface area contributed by atoms with Crippen molar-refractivity contribution in [3.05, 3.63) is 88.8 Å². The minimum absolute atomic E-state index is 0.160. The molecule has 1 aliphatic heterocycles. The molecule has 5 rings (SSSR count). The van der Waals surface area contributed by atoms with Gasteiger partial charge in [0.05, 0.1) is 11.3 Å². The lowest BCUT2D eigenvalue weighted by atomic mass is 9.95. The van der Waals surface area contributed by atoms with Gasteiger partial charge in [0.1, 0.15) is 10.7 Å². The van der Waals surface area contributed by atoms with Gasteiger partial charge in [0.2, 0.25) is 0 Å². The zero-order chi connectivity index (χ0) is 22.1. The summed E-state index contributed by atoms with van der Waals surface area (Å²) >= 11 is 1.54. The molecule has 0 spiro atoms. The van der Waals surface area contributed by atoms with E-state index < -0.39 is 0 Å². The second kappa shape index (κ2) is 8.55. The summed E-state index contributed by atoms with van der Waals surface area (Å²) in [7, 11) is 0. The van der Waals surface area contributed by atoms with Crippen molar-refractivity contribution in [1.29, 1.82) is 0 Å². The molecule has 0 saturated heterocycles. The molecule has 1 aromatic heterocycles. The Kier molecular flexibility index (Phi) is 5.45. The molecular formula is C26H23N3O2S. The number of hydrogen-bond acceptors (Lipinski definition) is 4. The van der Waals surface area contributed by atoms with Crippen molar-refractivity contribution < 1.29 is 9.59 Å². The van der Waals surface area contributed by atoms with Gasteiger partial charge < -0.3 is 10.2 Å². The zero-order valence-corrected chi connectivity index (χ0v) is 18.5. The summed E-state index contributed by atoms with van der Waals surface area (Å²) in [5.74, 6) is -0.330. The monoisotopic (exact) mass is 441 g/mol. The van der Waals surface area contributed by atoms with E-state index in [1.807, 2.05) is 54.6 Å². The van der Waals surface area contributed by atoms with Crippen molar-refractivity contribution in [2.75, 3.05) is 16.8 Å². The fourth-order valence-corrected chi connectivity index (χ4v) is 5.62. The van der Waals surface area contributed by atoms with Crippen LogP contribution < -0.4 is 10.2 Å². The van der Waals surface area contributed by atoms with Crippen molar-refractivity contribution in [1.82, 2.24) is 0 Å². The second-order valence-electron chi connectivity index (χ2n) is 7.89. The topological polar surface area (TPSA) is 61.8 Å². The van der Waals surface area contributed by atoms with E-state index in [4.69, 9.17) is 4.99 Å². The van der Waals surface area contributed by atoms with Crippen molar-refractivity contribution in [3.63, 3.8) is 0 Å². The maximum Gasteiger partial charge on any atom is 0.277 e. The Morgan fingerprint density at radius 3 is 2.66 bits per heavy atom. The van der Waals surface area contributed by atoms with Gasteiger partial charge in [-0.1, -0.05) is 42.5 Å². The van der Waals surface area contributed by atoms with Crippen LogP contribution in [-0.2, 0) is 17.6 Å². The van der Waals surface area contributed by atoms with E-state index in [2.05, 4.69) is 11.9 Å². The second-order valence-corrected chi connectivity index (χ2v) is 8.98. The molecule has 2 heterocycles. The highest BCUT2D eigenvalue weighted by molar-refractivity contribution is 7.16. The Morgan fingerprint density at radius 1 is 1.09 bits per heavy atom. The number of amides is 2. The quantitative estimate of drug-likeness (QED) is 0.529. The Balaban J connectivity index is 1.60. The smallest absolute Gasteiger partial charge is 0.277 e. The number of hydrogen-bond donors (Lipinski definition) is 1. The van der Waals surface area contributed by atoms with Gasteiger partial charge >= 0.3 is 0 Å². The lowest BCUT2D eigenvalue weighted by molar-refractivity contribution is -0.112. The summed E-state index contributed by atoms with van der Waals surface area (Å²) in [6.45, 7) is 4.19. The molecule has 160 valence electrons. The number of nitrogens with zero attached hydrogens (tertiary/aromatic N) is 2. The van der Waals surface area contributed by atoms with Crippen LogP contribution in [0.25, 0.3) is 0 Å². The largest absolute Gasteiger partial charge is 0.322 e. The Labute approximate surface area is 191 Å². The van der Waals surface area contributed by atoms with Crippen molar-refractivity contribution >= 4 is 45.2 Å². The summed E-state index contributed by atoms with van der Waals surface area (Å²) in [6.07, 6.45) is 5.68. The first-order valence-corrected chi connectivity index (χ1v) is 11.6. The molecule has 1 aliphatic carbocycles. The van der Waals surface area contributed by atoms with Crippen molar-refractivity contribution in [3.8, 4) is 0 Å². The van der Waals surface area contributed by atoms with Crippen LogP contribution in [0.4, 0.5) is 16.4 Å². The number of fused-ring (bicyclic) bond motifs is 2. The van der Waals surface area contributed by atoms with E-state index in [0.29, 0.717) is 22.8 Å². The lowest BCUT2D eigenvalue weighted by Crippen LogP contribution is -2.30. The highest BCUT2D eigenvalue weighted by atomic mass is 32.1. The number of benzene rings is 2. The van der Waals surface area contributed by atoms with Crippen LogP contribution in [0.5, 0.6) is 0 Å². The Morgan fingerprint density at radius 2 is 1.84 bits per heavy atom. The van der Waals surface area contributed by atoms with Gasteiger partial charge in [-0.25, -0.2) is 4.99 Å². The molecule has 0 unspecified atom stereocenters. The third-order valence-electron chi connectivity index (χ3n) is 5.83. The first-order chi connectivity index (χ1) is 15.7. The predicted molar refractivity (Wildman–Crippen MR) is 131 cm³/mol. The predicted octanol–water partition coefficient (Wildman–Crippen LogP) is 5.53. The van der Waals surface area contributed by atoms with Crippen LogP contribution in [0.3, 0.4) is 0 Å². The van der Waals surface area contributed by atoms with Gasteiger partial charge in [0.15, 0.2) is 0 Å². The van der Waals surface area contributed by atoms with Gasteiger partial charge in [-0.05, 0) is 49.4 Å². The lowest BCUT2D eigenvalue weighted by Gasteiger charge is -2.13. The fraction of sp³-hybridized carbons (Fsp3) is 0.192. The molecule has 0 fully saturated rings. The van der Waals surface area contributed by atoms with Gasteiger partial charge in [-0.15, -0.1) is 17.9 Å². The summed E-state index contributed by atoms with van der Waals surface area (Å²) < 4.78 is 0. The molecule has 0 radical (unpaired) electrons. The zero-order valence-electron chi connectivity index (χ0n) is 17.6. The Bertz CT molecular complexity index is 1240. The number of rotatable bonds is 5. The van der Waals surface area contributed by atoms with E-state index in [-0.39, 0.29) is 11.8 Å². The molecule has 1 N–H and O–H groups in total. The molecule has 32 heavy (non-hydrogen) atoms. The number of anilines is 2. The third-order valence-corrected chi connectivity index (χ3v) is 7.02. The Hall–Kier alpha value is -3.51. The number of thiophene rings is 1. The molecule has 2 aliphatic rings. The molecule has 2 amide bonds. The van der Waals surface area contributed by atoms with Crippen LogP contribution in [0.2, 0.25) is 0 Å². The fourth-order valence-electron chi connectivity index (χ4n) is 4.36. The van der Waals surface area contributed by atoms with Crippen LogP contribution in [-0.4, -0.2) is 24.1 Å². The average Bonchev–Trinajstić information content (AvgIpc) is 3.31. The van der Waals surface area contributed by atoms with Gasteiger partial charge in [0, 0.05) is 22.7 Å². The van der Waals surface area contributed by atoms with Crippen molar-refractivity contribution in [2.45, 2.75) is 25.7 Å². The molecular weight excluding hydrogens is 418 g/mol. The number of carbonyl (C=O) groups is 2. The summed E-state index contributed by atoms with van der Waals surface area (Å²) in [6, 6.07) is 17.1. The molecule has 6 heteroatoms. The minimum atomic E-state index is -0.170. The average molecular weight is 442 g/mol. The summed E-state index contributed by atoms with van der Waals surface area (Å²) in [5, 5.41) is 3.62. The maximum atomic E-state index is 13.4. The highest BCUT2D eigenvalue weighted by Crippen LogP contribution is 2.41. The normalized spacial score (nSPS) is 16.1. The first kappa shape index (κ1) is 20.4. The van der Waals surface area contributed by atoms with E-state index in [1.165, 1.54) is 16.2 Å². The minimum Gasteiger partial charge on any atom is -0.322 e. The van der Waals surface area contributed by atoms with Gasteiger partial charge in [-0.2, -0.15) is 0 Å². The molecule has 2 aromatic carbocycles. The van der Waals surface area contributed by atoms with E-state index in [0.717, 1.165) is 48.2 Å². The molecule has 5 nitrogen and oxygen atoms in total. The van der Waals surface area contributed by atoms with Crippen LogP contribution in [0.15, 0.2) is 72.2 Å². The van der Waals surface area contributed by atoms with E-state index in [1.54, 1.807) is 11.0 Å². The number of para-hydroxylation sites is 2. The highest BCUT2D eigenvalue weighted by Gasteiger charge is 2.34. The standard InChI is InChI=1S/C26H23N3O2S/c1-2-16-29-20-14-8-6-12-18(20)23(26(29)31)28-25-22(19-13-7-9-15-21(19)32-25)24(30)27-17-10-4-3-5-11-17/h2-6,8,10-12,14H,1,7,9,13,15-16H2,(H,27,30)/b28-23-. The SMILES string of the molecule is C=CCN1C(=O)/C(=N\c2sc3c(c2C(=O)Nc2ccccc2)CCCC3)c2ccccc21. The van der Waals surface area contributed by atoms with Crippen LogP contribution in [0, 0.1) is 0 Å². The number of aliphatic imine (C=N–C) groups is 1. The molecule has 0 bridgehead atoms. The third kappa shape index (κ3) is 3.56. The maximum absolute atomic E-state index is 13.4.